The third-order valence-corrected chi connectivity index (χ3v) is 5.20. The van der Waals surface area contributed by atoms with Gasteiger partial charge in [-0.05, 0) is 43.0 Å². The fourth-order valence-electron chi connectivity index (χ4n) is 3.67. The van der Waals surface area contributed by atoms with Crippen LogP contribution in [0.2, 0.25) is 0 Å². The number of benzene rings is 1. The maximum absolute atomic E-state index is 13.1. The normalized spacial score (nSPS) is 22.9. The van der Waals surface area contributed by atoms with Gasteiger partial charge in [0.05, 0.1) is 19.8 Å². The molecule has 1 aromatic carbocycles. The van der Waals surface area contributed by atoms with Gasteiger partial charge in [-0.15, -0.1) is 0 Å². The minimum atomic E-state index is -0.890. The van der Waals surface area contributed by atoms with Crippen molar-refractivity contribution in [3.63, 3.8) is 0 Å². The summed E-state index contributed by atoms with van der Waals surface area (Å²) in [6, 6.07) is 4.96. The third-order valence-electron chi connectivity index (χ3n) is 5.20. The van der Waals surface area contributed by atoms with Gasteiger partial charge in [-0.1, -0.05) is 6.07 Å². The molecule has 0 saturated carbocycles. The minimum absolute atomic E-state index is 0.127. The number of rotatable bonds is 3. The Hall–Kier alpha value is -2.25. The molecule has 1 N–H and O–H groups in total. The highest BCUT2D eigenvalue weighted by molar-refractivity contribution is 6.17. The standard InChI is InChI=1S/C18H22N2O5/c1-11-4-5-12(17(23)24-2)10-13(11)14-15(21)18(19-16(14)22)6-8-20(25-3)9-7-18/h4-5,10,14H,6-9H2,1-3H3,(H,19,22). The van der Waals surface area contributed by atoms with Crippen LogP contribution in [0.4, 0.5) is 0 Å². The quantitative estimate of drug-likeness (QED) is 0.648. The first-order valence-electron chi connectivity index (χ1n) is 8.26. The maximum Gasteiger partial charge on any atom is 0.337 e. The van der Waals surface area contributed by atoms with Gasteiger partial charge in [-0.3, -0.25) is 9.59 Å². The Morgan fingerprint density at radius 1 is 1.24 bits per heavy atom. The smallest absolute Gasteiger partial charge is 0.337 e. The lowest BCUT2D eigenvalue weighted by Crippen LogP contribution is -2.54. The summed E-state index contributed by atoms with van der Waals surface area (Å²) in [7, 11) is 2.89. The van der Waals surface area contributed by atoms with Gasteiger partial charge >= 0.3 is 5.97 Å². The number of carbonyl (C=O) groups excluding carboxylic acids is 3. The lowest BCUT2D eigenvalue weighted by atomic mass is 9.80. The second kappa shape index (κ2) is 6.57. The molecule has 1 atom stereocenters. The van der Waals surface area contributed by atoms with E-state index < -0.39 is 17.4 Å². The first kappa shape index (κ1) is 17.6. The molecular weight excluding hydrogens is 324 g/mol. The summed E-state index contributed by atoms with van der Waals surface area (Å²) in [6.45, 7) is 2.99. The number of ketones is 1. The zero-order valence-electron chi connectivity index (χ0n) is 14.6. The number of aryl methyl sites for hydroxylation is 1. The van der Waals surface area contributed by atoms with E-state index in [2.05, 4.69) is 5.32 Å². The lowest BCUT2D eigenvalue weighted by molar-refractivity contribution is -0.157. The summed E-state index contributed by atoms with van der Waals surface area (Å²) in [4.78, 5) is 42.7. The van der Waals surface area contributed by atoms with Crippen LogP contribution in [0.3, 0.4) is 0 Å². The van der Waals surface area contributed by atoms with Crippen LogP contribution in [-0.4, -0.2) is 55.6 Å². The van der Waals surface area contributed by atoms with Crippen LogP contribution < -0.4 is 5.32 Å². The van der Waals surface area contributed by atoms with Crippen LogP contribution in [0.5, 0.6) is 0 Å². The van der Waals surface area contributed by atoms with Crippen molar-refractivity contribution in [3.05, 3.63) is 34.9 Å². The predicted molar refractivity (Wildman–Crippen MR) is 89.0 cm³/mol. The van der Waals surface area contributed by atoms with Crippen LogP contribution in [0.15, 0.2) is 18.2 Å². The molecule has 2 aliphatic heterocycles. The molecule has 0 radical (unpaired) electrons. The number of amides is 1. The molecule has 7 nitrogen and oxygen atoms in total. The van der Waals surface area contributed by atoms with Gasteiger partial charge in [0.2, 0.25) is 5.91 Å². The highest BCUT2D eigenvalue weighted by atomic mass is 16.7. The summed E-state index contributed by atoms with van der Waals surface area (Å²) in [5.41, 5.74) is 0.854. The number of methoxy groups -OCH3 is 1. The number of hydroxylamine groups is 2. The summed E-state index contributed by atoms with van der Waals surface area (Å²) in [5, 5.41) is 4.69. The number of ether oxygens (including phenoxy) is 1. The molecule has 1 unspecified atom stereocenters. The summed E-state index contributed by atoms with van der Waals surface area (Å²) in [6.07, 6.45) is 1.02. The first-order chi connectivity index (χ1) is 11.9. The van der Waals surface area contributed by atoms with E-state index in [1.807, 2.05) is 6.92 Å². The number of nitrogens with zero attached hydrogens (tertiary/aromatic N) is 1. The molecule has 3 rings (SSSR count). The van der Waals surface area contributed by atoms with E-state index in [-0.39, 0.29) is 11.7 Å². The topological polar surface area (TPSA) is 84.9 Å². The second-order valence-electron chi connectivity index (χ2n) is 6.54. The molecule has 2 aliphatic rings. The van der Waals surface area contributed by atoms with Crippen molar-refractivity contribution >= 4 is 17.7 Å². The van der Waals surface area contributed by atoms with Crippen LogP contribution in [0.1, 0.15) is 40.2 Å². The number of piperidine rings is 1. The maximum atomic E-state index is 13.1. The van der Waals surface area contributed by atoms with Crippen molar-refractivity contribution in [1.82, 2.24) is 10.4 Å². The molecule has 0 bridgehead atoms. The molecule has 25 heavy (non-hydrogen) atoms. The van der Waals surface area contributed by atoms with Crippen LogP contribution >= 0.6 is 0 Å². The molecule has 2 saturated heterocycles. The summed E-state index contributed by atoms with van der Waals surface area (Å²) in [5.74, 6) is -1.81. The first-order valence-corrected chi connectivity index (χ1v) is 8.26. The third kappa shape index (κ3) is 2.94. The molecule has 2 heterocycles. The van der Waals surface area contributed by atoms with Crippen LogP contribution in [0, 0.1) is 6.92 Å². The molecule has 1 spiro atoms. The lowest BCUT2D eigenvalue weighted by Gasteiger charge is -2.36. The van der Waals surface area contributed by atoms with Gasteiger partial charge < -0.3 is 14.9 Å². The van der Waals surface area contributed by atoms with Crippen LogP contribution in [-0.2, 0) is 19.2 Å². The minimum Gasteiger partial charge on any atom is -0.465 e. The molecule has 2 fully saturated rings. The Labute approximate surface area is 146 Å². The highest BCUT2D eigenvalue weighted by Gasteiger charge is 2.54. The Bertz CT molecular complexity index is 722. The number of hydrogen-bond acceptors (Lipinski definition) is 6. The van der Waals surface area contributed by atoms with Gasteiger partial charge in [-0.25, -0.2) is 4.79 Å². The van der Waals surface area contributed by atoms with Crippen molar-refractivity contribution < 1.29 is 24.0 Å². The Morgan fingerprint density at radius 2 is 1.92 bits per heavy atom. The van der Waals surface area contributed by atoms with Crippen molar-refractivity contribution in [2.75, 3.05) is 27.3 Å². The van der Waals surface area contributed by atoms with Gasteiger partial charge in [0.15, 0.2) is 5.78 Å². The van der Waals surface area contributed by atoms with Crippen molar-refractivity contribution in [2.24, 2.45) is 0 Å². The molecule has 7 heteroatoms. The van der Waals surface area contributed by atoms with Crippen molar-refractivity contribution in [1.29, 1.82) is 0 Å². The summed E-state index contributed by atoms with van der Waals surface area (Å²) < 4.78 is 4.74. The number of Topliss-reactive ketones (excluding diaryl/α,β-unsaturated/α-hetero) is 1. The van der Waals surface area contributed by atoms with Gasteiger partial charge in [-0.2, -0.15) is 5.06 Å². The molecule has 1 aromatic rings. The Morgan fingerprint density at radius 3 is 2.52 bits per heavy atom. The molecule has 1 amide bonds. The highest BCUT2D eigenvalue weighted by Crippen LogP contribution is 2.37. The van der Waals surface area contributed by atoms with Gasteiger partial charge in [0, 0.05) is 13.1 Å². The van der Waals surface area contributed by atoms with E-state index in [0.29, 0.717) is 37.1 Å². The Kier molecular flexibility index (Phi) is 4.62. The second-order valence-corrected chi connectivity index (χ2v) is 6.54. The number of esters is 1. The average Bonchev–Trinajstić information content (AvgIpc) is 2.85. The zero-order valence-corrected chi connectivity index (χ0v) is 14.6. The Balaban J connectivity index is 1.92. The largest absolute Gasteiger partial charge is 0.465 e. The summed E-state index contributed by atoms with van der Waals surface area (Å²) >= 11 is 0. The predicted octanol–water partition coefficient (Wildman–Crippen LogP) is 0.960. The van der Waals surface area contributed by atoms with E-state index >= 15 is 0 Å². The van der Waals surface area contributed by atoms with Crippen LogP contribution in [0.25, 0.3) is 0 Å². The number of hydrogen-bond donors (Lipinski definition) is 1. The van der Waals surface area contributed by atoms with Gasteiger partial charge in [0.25, 0.3) is 0 Å². The van der Waals surface area contributed by atoms with E-state index in [4.69, 9.17) is 9.57 Å². The van der Waals surface area contributed by atoms with E-state index in [9.17, 15) is 14.4 Å². The van der Waals surface area contributed by atoms with Crippen molar-refractivity contribution in [2.45, 2.75) is 31.2 Å². The molecule has 134 valence electrons. The fourth-order valence-corrected chi connectivity index (χ4v) is 3.67. The number of nitrogens with one attached hydrogen (secondary N) is 1. The van der Waals surface area contributed by atoms with Crippen molar-refractivity contribution in [3.8, 4) is 0 Å². The van der Waals surface area contributed by atoms with E-state index in [1.54, 1.807) is 30.4 Å². The number of carbonyl (C=O) groups is 3. The molecular formula is C18H22N2O5. The SMILES string of the molecule is COC(=O)c1ccc(C)c(C2C(=O)NC3(CCN(OC)CC3)C2=O)c1. The van der Waals surface area contributed by atoms with E-state index in [0.717, 1.165) is 5.56 Å². The average molecular weight is 346 g/mol. The molecule has 0 aromatic heterocycles. The zero-order chi connectivity index (χ0) is 18.2. The monoisotopic (exact) mass is 346 g/mol. The molecule has 0 aliphatic carbocycles. The van der Waals surface area contributed by atoms with Gasteiger partial charge in [0.1, 0.15) is 11.5 Å². The van der Waals surface area contributed by atoms with E-state index in [1.165, 1.54) is 7.11 Å². The fraction of sp³-hybridized carbons (Fsp3) is 0.500.